The number of carbonyl (C=O) groups is 4. The van der Waals surface area contributed by atoms with E-state index in [0.717, 1.165) is 29.5 Å². The van der Waals surface area contributed by atoms with Gasteiger partial charge in [-0.1, -0.05) is 42.5 Å². The summed E-state index contributed by atoms with van der Waals surface area (Å²) in [5.74, 6) is -2.22. The number of fused-ring (bicyclic) bond motifs is 2. The van der Waals surface area contributed by atoms with Gasteiger partial charge in [-0.3, -0.25) is 38.5 Å². The third-order valence-corrected chi connectivity index (χ3v) is 12.8. The number of nitrogens with one attached hydrogen (secondary N) is 3. The van der Waals surface area contributed by atoms with Gasteiger partial charge in [0.05, 0.1) is 24.1 Å². The fourth-order valence-electron chi connectivity index (χ4n) is 8.39. The summed E-state index contributed by atoms with van der Waals surface area (Å²) in [4.78, 5) is 65.2. The molecule has 4 amide bonds. The Morgan fingerprint density at radius 3 is 2.39 bits per heavy atom. The van der Waals surface area contributed by atoms with Gasteiger partial charge in [0.25, 0.3) is 5.91 Å². The van der Waals surface area contributed by atoms with Gasteiger partial charge in [0.15, 0.2) is 5.82 Å². The Bertz CT molecular complexity index is 2710. The van der Waals surface area contributed by atoms with Gasteiger partial charge in [-0.25, -0.2) is 18.2 Å². The van der Waals surface area contributed by atoms with Crippen LogP contribution in [-0.2, 0) is 36.0 Å². The minimum atomic E-state index is -4.36. The van der Waals surface area contributed by atoms with Crippen molar-refractivity contribution in [1.29, 1.82) is 0 Å². The van der Waals surface area contributed by atoms with Crippen LogP contribution in [0.2, 0.25) is 0 Å². The molecule has 3 saturated heterocycles. The van der Waals surface area contributed by atoms with E-state index in [1.165, 1.54) is 16.7 Å². The molecule has 1 atom stereocenters. The van der Waals surface area contributed by atoms with E-state index in [2.05, 4.69) is 15.5 Å². The number of imide groups is 1. The minimum absolute atomic E-state index is 0.0338. The molecule has 3 N–H and O–H groups in total. The number of carbonyl (C=O) groups excluding carboxylic acids is 4. The molecule has 3 aliphatic heterocycles. The van der Waals surface area contributed by atoms with Crippen LogP contribution < -0.4 is 34.8 Å². The lowest BCUT2D eigenvalue weighted by Crippen LogP contribution is -2.44. The van der Waals surface area contributed by atoms with E-state index in [1.54, 1.807) is 16.7 Å². The number of anilines is 1. The molecule has 18 heteroatoms. The molecule has 3 aliphatic rings. The van der Waals surface area contributed by atoms with Crippen LogP contribution in [0, 0.1) is 5.82 Å². The maximum atomic E-state index is 16.3. The van der Waals surface area contributed by atoms with Crippen LogP contribution in [0.4, 0.5) is 10.1 Å². The van der Waals surface area contributed by atoms with Crippen molar-refractivity contribution in [2.75, 3.05) is 43.6 Å². The van der Waals surface area contributed by atoms with E-state index in [0.29, 0.717) is 34.0 Å². The second kappa shape index (κ2) is 17.0. The first-order chi connectivity index (χ1) is 29.3. The molecule has 8 rings (SSSR count). The molecule has 61 heavy (non-hydrogen) atoms. The molecule has 1 aromatic heterocycles. The van der Waals surface area contributed by atoms with Gasteiger partial charge in [0, 0.05) is 17.8 Å². The van der Waals surface area contributed by atoms with Crippen molar-refractivity contribution in [2.24, 2.45) is 0 Å². The average Bonchev–Trinajstić information content (AvgIpc) is 3.68. The van der Waals surface area contributed by atoms with E-state index in [1.807, 2.05) is 67.1 Å². The summed E-state index contributed by atoms with van der Waals surface area (Å²) in [5.41, 5.74) is 2.59. The second-order valence-corrected chi connectivity index (χ2v) is 17.4. The maximum Gasteiger partial charge on any atom is 0.330 e. The van der Waals surface area contributed by atoms with Crippen LogP contribution in [-0.4, -0.2) is 85.4 Å². The predicted molar refractivity (Wildman–Crippen MR) is 224 cm³/mol. The molecular formula is C43H46FN7O9S. The van der Waals surface area contributed by atoms with Crippen molar-refractivity contribution in [3.63, 3.8) is 0 Å². The van der Waals surface area contributed by atoms with Gasteiger partial charge in [0.1, 0.15) is 43.0 Å². The lowest BCUT2D eigenvalue weighted by molar-refractivity contribution is -0.135. The highest BCUT2D eigenvalue weighted by molar-refractivity contribution is 7.92. The first-order valence-electron chi connectivity index (χ1n) is 20.3. The van der Waals surface area contributed by atoms with Crippen molar-refractivity contribution in [3.8, 4) is 11.5 Å². The van der Waals surface area contributed by atoms with E-state index >= 15 is 4.39 Å². The van der Waals surface area contributed by atoms with E-state index < -0.39 is 46.1 Å². The van der Waals surface area contributed by atoms with Crippen LogP contribution in [0.5, 0.6) is 11.5 Å². The maximum absolute atomic E-state index is 16.3. The zero-order valence-electron chi connectivity index (χ0n) is 33.7. The monoisotopic (exact) mass is 855 g/mol. The number of imidazole rings is 1. The van der Waals surface area contributed by atoms with Crippen molar-refractivity contribution >= 4 is 61.3 Å². The predicted octanol–water partition coefficient (Wildman–Crippen LogP) is 3.79. The molecule has 0 radical (unpaired) electrons. The molecule has 0 spiro atoms. The SMILES string of the molecule is CC(C)n1c(=O)n(C2CCC(=O)NC2=O)c2ccc(C3CCN(CC(=O)NCCOc4ccc5cc(OCc6ccccc6)c(N6CC(=O)NS6(=O)=O)c(F)c5c4)CC3)cc21. The zero-order valence-corrected chi connectivity index (χ0v) is 34.5. The molecule has 0 bridgehead atoms. The Morgan fingerprint density at radius 1 is 0.918 bits per heavy atom. The molecular weight excluding hydrogens is 810 g/mol. The summed E-state index contributed by atoms with van der Waals surface area (Å²) in [6, 6.07) is 20.3. The summed E-state index contributed by atoms with van der Waals surface area (Å²) in [6.45, 7) is 5.12. The van der Waals surface area contributed by atoms with Crippen molar-refractivity contribution < 1.29 is 41.5 Å². The number of hydrogen-bond donors (Lipinski definition) is 3. The lowest BCUT2D eigenvalue weighted by atomic mass is 9.89. The number of halogens is 1. The number of rotatable bonds is 13. The summed E-state index contributed by atoms with van der Waals surface area (Å²) in [5, 5.41) is 5.71. The van der Waals surface area contributed by atoms with Crippen molar-refractivity contribution in [2.45, 2.75) is 64.1 Å². The third-order valence-electron chi connectivity index (χ3n) is 11.4. The fourth-order valence-corrected chi connectivity index (χ4v) is 9.55. The zero-order chi connectivity index (χ0) is 43.0. The van der Waals surface area contributed by atoms with Crippen molar-refractivity contribution in [3.05, 3.63) is 100 Å². The highest BCUT2D eigenvalue weighted by Crippen LogP contribution is 2.41. The number of piperidine rings is 2. The average molecular weight is 856 g/mol. The van der Waals surface area contributed by atoms with Gasteiger partial charge >= 0.3 is 15.9 Å². The molecule has 0 aliphatic carbocycles. The molecule has 0 saturated carbocycles. The smallest absolute Gasteiger partial charge is 0.330 e. The second-order valence-electron chi connectivity index (χ2n) is 15.8. The van der Waals surface area contributed by atoms with Gasteiger partial charge in [-0.15, -0.1) is 0 Å². The number of aromatic nitrogens is 2. The molecule has 320 valence electrons. The summed E-state index contributed by atoms with van der Waals surface area (Å²) in [6.07, 6.45) is 2.05. The number of amides is 4. The molecule has 1 unspecified atom stereocenters. The Hall–Kier alpha value is -6.27. The van der Waals surface area contributed by atoms with Gasteiger partial charge in [-0.2, -0.15) is 8.42 Å². The van der Waals surface area contributed by atoms with Crippen LogP contribution >= 0.6 is 0 Å². The first kappa shape index (κ1) is 41.5. The fraction of sp³-hybridized carbons (Fsp3) is 0.372. The van der Waals surface area contributed by atoms with Gasteiger partial charge in [-0.05, 0) is 99.0 Å². The summed E-state index contributed by atoms with van der Waals surface area (Å²) in [7, 11) is -4.36. The largest absolute Gasteiger partial charge is 0.492 e. The Balaban J connectivity index is 0.866. The molecule has 4 aromatic carbocycles. The van der Waals surface area contributed by atoms with E-state index in [4.69, 9.17) is 9.47 Å². The lowest BCUT2D eigenvalue weighted by Gasteiger charge is -2.31. The number of hydrogen-bond acceptors (Lipinski definition) is 10. The summed E-state index contributed by atoms with van der Waals surface area (Å²) >= 11 is 0. The van der Waals surface area contributed by atoms with Crippen LogP contribution in [0.15, 0.2) is 77.6 Å². The topological polar surface area (TPSA) is 190 Å². The normalized spacial score (nSPS) is 18.5. The molecule has 16 nitrogen and oxygen atoms in total. The highest BCUT2D eigenvalue weighted by Gasteiger charge is 2.38. The standard InChI is InChI=1S/C43H46FN7O9S/c1-26(2)50-35-20-29(9-11-33(35)51(43(50)56)34-12-13-37(52)46-42(34)55)28-14-17-48(18-15-28)23-38(53)45-16-19-59-31-10-8-30-21-36(60-25-27-6-4-3-5-7-27)41(40(44)32(30)22-31)49-24-39(54)47-61(49,57)58/h3-11,20-22,26,28,34H,12-19,23-25H2,1-2H3,(H,45,53)(H,47,54)(H,46,52,55). The van der Waals surface area contributed by atoms with Gasteiger partial charge < -0.3 is 14.8 Å². The highest BCUT2D eigenvalue weighted by atomic mass is 32.2. The Morgan fingerprint density at radius 2 is 1.69 bits per heavy atom. The number of ether oxygens (including phenoxy) is 2. The molecule has 5 aromatic rings. The van der Waals surface area contributed by atoms with E-state index in [-0.39, 0.29) is 79.7 Å². The van der Waals surface area contributed by atoms with Crippen molar-refractivity contribution in [1.82, 2.24) is 29.4 Å². The molecule has 3 fully saturated rings. The quantitative estimate of drug-likeness (QED) is 0.116. The number of nitrogens with zero attached hydrogens (tertiary/aromatic N) is 4. The number of benzene rings is 4. The van der Waals surface area contributed by atoms with Crippen LogP contribution in [0.3, 0.4) is 0 Å². The Kier molecular flexibility index (Phi) is 11.6. The van der Waals surface area contributed by atoms with Crippen LogP contribution in [0.1, 0.15) is 68.7 Å². The first-order valence-corrected chi connectivity index (χ1v) is 21.7. The minimum Gasteiger partial charge on any atom is -0.492 e. The van der Waals surface area contributed by atoms with Crippen LogP contribution in [0.25, 0.3) is 21.8 Å². The number of likely N-dealkylation sites (tertiary alicyclic amines) is 1. The van der Waals surface area contributed by atoms with Gasteiger partial charge in [0.2, 0.25) is 17.7 Å². The third kappa shape index (κ3) is 8.54. The Labute approximate surface area is 350 Å². The summed E-state index contributed by atoms with van der Waals surface area (Å²) < 4.78 is 59.5. The van der Waals surface area contributed by atoms with E-state index in [9.17, 15) is 32.4 Å². The molecule has 4 heterocycles.